The Bertz CT molecular complexity index is 1170. The summed E-state index contributed by atoms with van der Waals surface area (Å²) in [5, 5.41) is 7.40. The van der Waals surface area contributed by atoms with Crippen LogP contribution in [0.5, 0.6) is 0 Å². The summed E-state index contributed by atoms with van der Waals surface area (Å²) in [6, 6.07) is 11.5. The predicted molar refractivity (Wildman–Crippen MR) is 122 cm³/mol. The number of halogens is 2. The number of esters is 1. The van der Waals surface area contributed by atoms with Gasteiger partial charge in [-0.25, -0.2) is 13.9 Å². The lowest BCUT2D eigenvalue weighted by Gasteiger charge is -2.12. The number of benzene rings is 2. The van der Waals surface area contributed by atoms with E-state index in [2.05, 4.69) is 10.4 Å². The number of carbonyl (C=O) groups is 2. The molecule has 0 bridgehead atoms. The Morgan fingerprint density at radius 2 is 1.91 bits per heavy atom. The molecule has 0 saturated carbocycles. The fraction of sp³-hybridized carbons (Fsp3) is 0.208. The molecule has 1 aromatic heterocycles. The SMILES string of the molecule is CCc1cccc(C)c1NC(=O)COC(=O)/C=C/c1c(C)nn(-c2ccc(F)cc2)c1Cl. The molecule has 0 aliphatic carbocycles. The molecule has 6 nitrogen and oxygen atoms in total. The smallest absolute Gasteiger partial charge is 0.331 e. The molecule has 0 radical (unpaired) electrons. The molecule has 2 aromatic carbocycles. The zero-order chi connectivity index (χ0) is 23.3. The van der Waals surface area contributed by atoms with E-state index < -0.39 is 18.5 Å². The molecule has 0 aliphatic rings. The maximum Gasteiger partial charge on any atom is 0.331 e. The number of carbonyl (C=O) groups excluding carboxylic acids is 2. The number of aryl methyl sites for hydroxylation is 3. The van der Waals surface area contributed by atoms with Gasteiger partial charge in [-0.3, -0.25) is 4.79 Å². The monoisotopic (exact) mass is 455 g/mol. The molecule has 0 unspecified atom stereocenters. The number of amides is 1. The van der Waals surface area contributed by atoms with Gasteiger partial charge in [0, 0.05) is 17.3 Å². The Hall–Kier alpha value is -3.45. The third-order valence-corrected chi connectivity index (χ3v) is 5.22. The first-order valence-electron chi connectivity index (χ1n) is 10.0. The van der Waals surface area contributed by atoms with Gasteiger partial charge in [-0.2, -0.15) is 5.10 Å². The minimum atomic E-state index is -0.689. The molecule has 3 aromatic rings. The van der Waals surface area contributed by atoms with Crippen LogP contribution in [0.25, 0.3) is 11.8 Å². The third-order valence-electron chi connectivity index (χ3n) is 4.86. The number of nitrogens with one attached hydrogen (secondary N) is 1. The van der Waals surface area contributed by atoms with Crippen LogP contribution in [0.15, 0.2) is 48.5 Å². The van der Waals surface area contributed by atoms with Gasteiger partial charge in [0.25, 0.3) is 5.91 Å². The molecule has 0 atom stereocenters. The predicted octanol–water partition coefficient (Wildman–Crippen LogP) is 5.04. The van der Waals surface area contributed by atoms with E-state index in [1.165, 1.54) is 29.0 Å². The average molecular weight is 456 g/mol. The summed E-state index contributed by atoms with van der Waals surface area (Å²) in [6.07, 6.45) is 3.43. The van der Waals surface area contributed by atoms with Gasteiger partial charge in [-0.1, -0.05) is 36.7 Å². The normalized spacial score (nSPS) is 11.0. The minimum Gasteiger partial charge on any atom is -0.452 e. The number of aromatic nitrogens is 2. The number of hydrogen-bond donors (Lipinski definition) is 1. The first kappa shape index (κ1) is 23.2. The van der Waals surface area contributed by atoms with Crippen molar-refractivity contribution in [3.8, 4) is 5.69 Å². The molecular formula is C24H23ClFN3O3. The number of nitrogens with zero attached hydrogens (tertiary/aromatic N) is 2. The quantitative estimate of drug-likeness (QED) is 0.400. The zero-order valence-corrected chi connectivity index (χ0v) is 18.7. The maximum absolute atomic E-state index is 13.2. The van der Waals surface area contributed by atoms with Crippen LogP contribution in [0, 0.1) is 19.7 Å². The van der Waals surface area contributed by atoms with Gasteiger partial charge in [-0.05, 0) is 61.7 Å². The molecule has 1 heterocycles. The van der Waals surface area contributed by atoms with Crippen molar-refractivity contribution in [3.63, 3.8) is 0 Å². The first-order chi connectivity index (χ1) is 15.3. The van der Waals surface area contributed by atoms with Gasteiger partial charge in [0.05, 0.1) is 11.4 Å². The lowest BCUT2D eigenvalue weighted by molar-refractivity contribution is -0.142. The summed E-state index contributed by atoms with van der Waals surface area (Å²) in [6.45, 7) is 5.22. The van der Waals surface area contributed by atoms with E-state index in [9.17, 15) is 14.0 Å². The second-order valence-corrected chi connectivity index (χ2v) is 7.49. The summed E-state index contributed by atoms with van der Waals surface area (Å²) in [7, 11) is 0. The number of anilines is 1. The van der Waals surface area contributed by atoms with Gasteiger partial charge in [0.15, 0.2) is 6.61 Å². The molecule has 8 heteroatoms. The van der Waals surface area contributed by atoms with E-state index in [1.54, 1.807) is 19.1 Å². The van der Waals surface area contributed by atoms with Gasteiger partial charge in [0.1, 0.15) is 11.0 Å². The number of rotatable bonds is 7. The molecule has 1 N–H and O–H groups in total. The van der Waals surface area contributed by atoms with Gasteiger partial charge < -0.3 is 10.1 Å². The van der Waals surface area contributed by atoms with E-state index in [0.29, 0.717) is 16.9 Å². The molecule has 0 fully saturated rings. The highest BCUT2D eigenvalue weighted by Crippen LogP contribution is 2.25. The topological polar surface area (TPSA) is 73.2 Å². The standard InChI is InChI=1S/C24H23ClFN3O3/c1-4-17-7-5-6-15(2)23(17)27-21(30)14-32-22(31)13-12-20-16(3)28-29(24(20)25)19-10-8-18(26)9-11-19/h5-13H,4,14H2,1-3H3,(H,27,30)/b13-12+. The fourth-order valence-corrected chi connectivity index (χ4v) is 3.50. The lowest BCUT2D eigenvalue weighted by atomic mass is 10.1. The molecule has 32 heavy (non-hydrogen) atoms. The molecule has 0 saturated heterocycles. The van der Waals surface area contributed by atoms with Gasteiger partial charge in [-0.15, -0.1) is 0 Å². The highest BCUT2D eigenvalue weighted by molar-refractivity contribution is 6.31. The molecular weight excluding hydrogens is 433 g/mol. The summed E-state index contributed by atoms with van der Waals surface area (Å²) in [5.41, 5.74) is 4.36. The Kier molecular flexibility index (Phi) is 7.43. The van der Waals surface area contributed by atoms with Crippen molar-refractivity contribution >= 4 is 35.2 Å². The average Bonchev–Trinajstić information content (AvgIpc) is 3.06. The van der Waals surface area contributed by atoms with Crippen molar-refractivity contribution < 1.29 is 18.7 Å². The second-order valence-electron chi connectivity index (χ2n) is 7.13. The van der Waals surface area contributed by atoms with Crippen LogP contribution in [0.1, 0.15) is 29.3 Å². The Balaban J connectivity index is 1.63. The van der Waals surface area contributed by atoms with Crippen LogP contribution in [0.4, 0.5) is 10.1 Å². The Labute approximate surface area is 190 Å². The highest BCUT2D eigenvalue weighted by atomic mass is 35.5. The largest absolute Gasteiger partial charge is 0.452 e. The molecule has 1 amide bonds. The Morgan fingerprint density at radius 1 is 1.19 bits per heavy atom. The van der Waals surface area contributed by atoms with Gasteiger partial charge >= 0.3 is 5.97 Å². The zero-order valence-electron chi connectivity index (χ0n) is 18.0. The van der Waals surface area contributed by atoms with Crippen LogP contribution in [-0.4, -0.2) is 28.3 Å². The van der Waals surface area contributed by atoms with Gasteiger partial charge in [0.2, 0.25) is 0 Å². The van der Waals surface area contributed by atoms with Crippen LogP contribution < -0.4 is 5.32 Å². The minimum absolute atomic E-state index is 0.266. The summed E-state index contributed by atoms with van der Waals surface area (Å²) < 4.78 is 19.6. The maximum atomic E-state index is 13.2. The van der Waals surface area contributed by atoms with E-state index >= 15 is 0 Å². The molecule has 3 rings (SSSR count). The number of para-hydroxylation sites is 1. The van der Waals surface area contributed by atoms with Crippen molar-refractivity contribution in [2.45, 2.75) is 27.2 Å². The second kappa shape index (κ2) is 10.2. The lowest BCUT2D eigenvalue weighted by Crippen LogP contribution is -2.21. The molecule has 0 spiro atoms. The van der Waals surface area contributed by atoms with E-state index in [0.717, 1.165) is 23.2 Å². The first-order valence-corrected chi connectivity index (χ1v) is 10.4. The van der Waals surface area contributed by atoms with Crippen molar-refractivity contribution in [2.24, 2.45) is 0 Å². The number of ether oxygens (including phenoxy) is 1. The molecule has 166 valence electrons. The summed E-state index contributed by atoms with van der Waals surface area (Å²) in [4.78, 5) is 24.3. The van der Waals surface area contributed by atoms with E-state index in [1.807, 2.05) is 32.0 Å². The molecule has 0 aliphatic heterocycles. The highest BCUT2D eigenvalue weighted by Gasteiger charge is 2.14. The van der Waals surface area contributed by atoms with E-state index in [4.69, 9.17) is 16.3 Å². The van der Waals surface area contributed by atoms with E-state index in [-0.39, 0.29) is 11.0 Å². The number of hydrogen-bond acceptors (Lipinski definition) is 4. The fourth-order valence-electron chi connectivity index (χ4n) is 3.17. The van der Waals surface area contributed by atoms with Crippen LogP contribution in [0.2, 0.25) is 5.15 Å². The van der Waals surface area contributed by atoms with Crippen LogP contribution >= 0.6 is 11.6 Å². The van der Waals surface area contributed by atoms with Crippen molar-refractivity contribution in [2.75, 3.05) is 11.9 Å². The van der Waals surface area contributed by atoms with Crippen molar-refractivity contribution in [3.05, 3.63) is 81.9 Å². The Morgan fingerprint density at radius 3 is 2.59 bits per heavy atom. The third kappa shape index (κ3) is 5.42. The summed E-state index contributed by atoms with van der Waals surface area (Å²) in [5.74, 6) is -1.48. The van der Waals surface area contributed by atoms with Crippen molar-refractivity contribution in [1.29, 1.82) is 0 Å². The summed E-state index contributed by atoms with van der Waals surface area (Å²) >= 11 is 6.39. The van der Waals surface area contributed by atoms with Crippen LogP contribution in [0.3, 0.4) is 0 Å². The van der Waals surface area contributed by atoms with Crippen LogP contribution in [-0.2, 0) is 20.7 Å². The van der Waals surface area contributed by atoms with Crippen molar-refractivity contribution in [1.82, 2.24) is 9.78 Å².